The number of carbonyl (C=O) groups is 3. The number of ketones is 1. The van der Waals surface area contributed by atoms with Crippen LogP contribution in [0.5, 0.6) is 0 Å². The predicted octanol–water partition coefficient (Wildman–Crippen LogP) is 1.95. The van der Waals surface area contributed by atoms with E-state index in [4.69, 9.17) is 10.2 Å². The van der Waals surface area contributed by atoms with Crippen molar-refractivity contribution in [3.63, 3.8) is 0 Å². The second-order valence-corrected chi connectivity index (χ2v) is 4.66. The third kappa shape index (κ3) is 4.83. The first-order valence-corrected chi connectivity index (χ1v) is 6.39. The summed E-state index contributed by atoms with van der Waals surface area (Å²) in [5, 5.41) is 18.0. The lowest BCUT2D eigenvalue weighted by Gasteiger charge is -2.14. The highest BCUT2D eigenvalue weighted by molar-refractivity contribution is 6.21. The largest absolute Gasteiger partial charge is 0.481 e. The minimum Gasteiger partial charge on any atom is -0.481 e. The van der Waals surface area contributed by atoms with Gasteiger partial charge in [0, 0.05) is 5.71 Å². The van der Waals surface area contributed by atoms with Crippen molar-refractivity contribution < 1.29 is 24.6 Å². The summed E-state index contributed by atoms with van der Waals surface area (Å²) in [7, 11) is 0. The Labute approximate surface area is 122 Å². The minimum atomic E-state index is -1.52. The number of hydrogen-bond donors (Lipinski definition) is 2. The Balaban J connectivity index is 3.17. The fraction of sp³-hybridized carbons (Fsp3) is 0.333. The highest BCUT2D eigenvalue weighted by Crippen LogP contribution is 2.19. The molecule has 21 heavy (non-hydrogen) atoms. The van der Waals surface area contributed by atoms with Gasteiger partial charge in [0.15, 0.2) is 5.92 Å². The molecule has 0 radical (unpaired) electrons. The molecular weight excluding hydrogens is 274 g/mol. The molecule has 0 bridgehead atoms. The lowest BCUT2D eigenvalue weighted by atomic mass is 9.96. The molecule has 1 aromatic rings. The zero-order valence-electron chi connectivity index (χ0n) is 11.8. The van der Waals surface area contributed by atoms with Crippen LogP contribution in [0, 0.1) is 5.92 Å². The van der Waals surface area contributed by atoms with Crippen LogP contribution in [0.1, 0.15) is 31.9 Å². The second kappa shape index (κ2) is 7.33. The van der Waals surface area contributed by atoms with Crippen molar-refractivity contribution in [1.82, 2.24) is 0 Å². The summed E-state index contributed by atoms with van der Waals surface area (Å²) < 4.78 is 0. The summed E-state index contributed by atoms with van der Waals surface area (Å²) in [6.45, 7) is 2.83. The zero-order chi connectivity index (χ0) is 16.0. The molecule has 1 rings (SSSR count). The second-order valence-electron chi connectivity index (χ2n) is 4.66. The molecule has 0 fully saturated rings. The van der Waals surface area contributed by atoms with Gasteiger partial charge < -0.3 is 10.2 Å². The van der Waals surface area contributed by atoms with Crippen molar-refractivity contribution in [2.24, 2.45) is 10.9 Å². The summed E-state index contributed by atoms with van der Waals surface area (Å²) in [6.07, 6.45) is -0.576. The van der Waals surface area contributed by atoms with E-state index in [1.807, 2.05) is 6.07 Å². The van der Waals surface area contributed by atoms with Crippen LogP contribution in [0.4, 0.5) is 0 Å². The predicted molar refractivity (Wildman–Crippen MR) is 76.4 cm³/mol. The molecule has 0 amide bonds. The van der Waals surface area contributed by atoms with Crippen LogP contribution in [0.15, 0.2) is 35.3 Å². The van der Waals surface area contributed by atoms with E-state index < -0.39 is 36.1 Å². The lowest BCUT2D eigenvalue weighted by Crippen LogP contribution is -2.32. The quantitative estimate of drug-likeness (QED) is 0.590. The van der Waals surface area contributed by atoms with E-state index >= 15 is 0 Å². The van der Waals surface area contributed by atoms with Crippen molar-refractivity contribution in [3.8, 4) is 0 Å². The maximum atomic E-state index is 11.5. The van der Waals surface area contributed by atoms with Crippen molar-refractivity contribution in [3.05, 3.63) is 35.9 Å². The Morgan fingerprint density at radius 1 is 1.14 bits per heavy atom. The van der Waals surface area contributed by atoms with E-state index in [-0.39, 0.29) is 5.71 Å². The van der Waals surface area contributed by atoms with E-state index in [0.717, 1.165) is 12.5 Å². The monoisotopic (exact) mass is 291 g/mol. The maximum absolute atomic E-state index is 11.5. The molecule has 0 spiro atoms. The molecule has 0 aliphatic heterocycles. The Kier molecular flexibility index (Phi) is 5.78. The molecule has 0 aliphatic rings. The van der Waals surface area contributed by atoms with E-state index in [9.17, 15) is 14.4 Å². The molecule has 0 aliphatic carbocycles. The van der Waals surface area contributed by atoms with Gasteiger partial charge in [-0.2, -0.15) is 0 Å². The summed E-state index contributed by atoms with van der Waals surface area (Å²) in [4.78, 5) is 37.7. The molecular formula is C15H17NO5. The molecule has 6 nitrogen and oxygen atoms in total. The van der Waals surface area contributed by atoms with Gasteiger partial charge in [0.25, 0.3) is 0 Å². The third-order valence-electron chi connectivity index (χ3n) is 2.96. The standard InChI is InChI=1S/C15H17NO5/c1-9(11-6-4-3-5-7-11)16-12(8-13(18)19)14(10(2)17)15(20)21/h3-7,9,14H,8H2,1-2H3,(H,18,19)(H,20,21). The Hall–Kier alpha value is -2.50. The maximum Gasteiger partial charge on any atom is 0.319 e. The molecule has 2 N–H and O–H groups in total. The number of nitrogens with zero attached hydrogens (tertiary/aromatic N) is 1. The number of Topliss-reactive ketones (excluding diaryl/α,β-unsaturated/α-hetero) is 1. The van der Waals surface area contributed by atoms with Gasteiger partial charge in [-0.15, -0.1) is 0 Å². The van der Waals surface area contributed by atoms with Crippen LogP contribution < -0.4 is 0 Å². The van der Waals surface area contributed by atoms with Crippen molar-refractivity contribution >= 4 is 23.4 Å². The molecule has 0 saturated carbocycles. The number of benzene rings is 1. The number of aliphatic carboxylic acids is 2. The van der Waals surface area contributed by atoms with Crippen molar-refractivity contribution in [1.29, 1.82) is 0 Å². The first kappa shape index (κ1) is 16.6. The normalized spacial score (nSPS) is 14.3. The van der Waals surface area contributed by atoms with Crippen LogP contribution in [0.3, 0.4) is 0 Å². The number of carboxylic acid groups (broad SMARTS) is 2. The highest BCUT2D eigenvalue weighted by atomic mass is 16.4. The average Bonchev–Trinajstić information content (AvgIpc) is 2.37. The van der Waals surface area contributed by atoms with Gasteiger partial charge in [-0.1, -0.05) is 30.3 Å². The Morgan fingerprint density at radius 2 is 1.71 bits per heavy atom. The third-order valence-corrected chi connectivity index (χ3v) is 2.96. The van der Waals surface area contributed by atoms with Gasteiger partial charge in [0.2, 0.25) is 0 Å². The molecule has 6 heteroatoms. The van der Waals surface area contributed by atoms with E-state index in [1.165, 1.54) is 0 Å². The highest BCUT2D eigenvalue weighted by Gasteiger charge is 2.30. The lowest BCUT2D eigenvalue weighted by molar-refractivity contribution is -0.142. The zero-order valence-corrected chi connectivity index (χ0v) is 11.8. The van der Waals surface area contributed by atoms with Gasteiger partial charge >= 0.3 is 11.9 Å². The Morgan fingerprint density at radius 3 is 2.14 bits per heavy atom. The first-order valence-electron chi connectivity index (χ1n) is 6.39. The van der Waals surface area contributed by atoms with Crippen LogP contribution in [-0.4, -0.2) is 33.6 Å². The van der Waals surface area contributed by atoms with Crippen molar-refractivity contribution in [2.45, 2.75) is 26.3 Å². The molecule has 2 atom stereocenters. The molecule has 1 aromatic carbocycles. The number of carboxylic acids is 2. The fourth-order valence-electron chi connectivity index (χ4n) is 1.98. The van der Waals surface area contributed by atoms with Gasteiger partial charge in [0.1, 0.15) is 5.78 Å². The fourth-order valence-corrected chi connectivity index (χ4v) is 1.98. The molecule has 112 valence electrons. The minimum absolute atomic E-state index is 0.140. The summed E-state index contributed by atoms with van der Waals surface area (Å²) in [5.74, 6) is -4.76. The van der Waals surface area contributed by atoms with Gasteiger partial charge in [-0.3, -0.25) is 19.4 Å². The van der Waals surface area contributed by atoms with Gasteiger partial charge in [-0.25, -0.2) is 0 Å². The number of aliphatic imine (C=N–C) groups is 1. The van der Waals surface area contributed by atoms with E-state index in [1.54, 1.807) is 31.2 Å². The van der Waals surface area contributed by atoms with Crippen LogP contribution >= 0.6 is 0 Å². The van der Waals surface area contributed by atoms with E-state index in [0.29, 0.717) is 0 Å². The smallest absolute Gasteiger partial charge is 0.319 e. The summed E-state index contributed by atoms with van der Waals surface area (Å²) in [5.41, 5.74) is 0.673. The molecule has 0 saturated heterocycles. The van der Waals surface area contributed by atoms with Crippen molar-refractivity contribution in [2.75, 3.05) is 0 Å². The van der Waals surface area contributed by atoms with Crippen LogP contribution in [-0.2, 0) is 14.4 Å². The SMILES string of the molecule is CC(=O)C(C(=O)O)C(CC(=O)O)=NC(C)c1ccccc1. The number of hydrogen-bond acceptors (Lipinski definition) is 4. The topological polar surface area (TPSA) is 104 Å². The van der Waals surface area contributed by atoms with Gasteiger partial charge in [0.05, 0.1) is 12.5 Å². The Bertz CT molecular complexity index is 551. The van der Waals surface area contributed by atoms with Crippen LogP contribution in [0.25, 0.3) is 0 Å². The van der Waals surface area contributed by atoms with E-state index in [2.05, 4.69) is 4.99 Å². The van der Waals surface area contributed by atoms with Gasteiger partial charge in [-0.05, 0) is 19.4 Å². The number of rotatable bonds is 7. The average molecular weight is 291 g/mol. The summed E-state index contributed by atoms with van der Waals surface area (Å²) in [6, 6.07) is 8.61. The summed E-state index contributed by atoms with van der Waals surface area (Å²) >= 11 is 0. The molecule has 0 aromatic heterocycles. The first-order chi connectivity index (χ1) is 9.82. The molecule has 2 unspecified atom stereocenters. The number of carbonyl (C=O) groups excluding carboxylic acids is 1. The molecule has 0 heterocycles. The van der Waals surface area contributed by atoms with Crippen LogP contribution in [0.2, 0.25) is 0 Å².